The summed E-state index contributed by atoms with van der Waals surface area (Å²) in [6, 6.07) is 3.53. The molecule has 21 heavy (non-hydrogen) atoms. The monoisotopic (exact) mass is 306 g/mol. The Morgan fingerprint density at radius 2 is 2.05 bits per heavy atom. The Morgan fingerprint density at radius 1 is 1.29 bits per heavy atom. The van der Waals surface area contributed by atoms with Crippen LogP contribution in [0.15, 0.2) is 12.3 Å². The first kappa shape index (κ1) is 15.0. The molecule has 1 aromatic rings. The van der Waals surface area contributed by atoms with E-state index in [0.29, 0.717) is 11.0 Å². The van der Waals surface area contributed by atoms with Gasteiger partial charge in [0.25, 0.3) is 0 Å². The van der Waals surface area contributed by atoms with Gasteiger partial charge in [-0.15, -0.1) is 0 Å². The van der Waals surface area contributed by atoms with Crippen molar-refractivity contribution in [3.05, 3.63) is 18.0 Å². The minimum absolute atomic E-state index is 0.619. The van der Waals surface area contributed by atoms with Crippen LogP contribution in [0.4, 0.5) is 0 Å². The van der Waals surface area contributed by atoms with Crippen molar-refractivity contribution in [2.45, 2.75) is 70.0 Å². The van der Waals surface area contributed by atoms with E-state index < -0.39 is 0 Å². The average molecular weight is 306 g/mol. The summed E-state index contributed by atoms with van der Waals surface area (Å²) in [5.41, 5.74) is 6.83. The molecule has 0 amide bonds. The first-order chi connectivity index (χ1) is 10.2. The maximum absolute atomic E-state index is 5.64. The van der Waals surface area contributed by atoms with Gasteiger partial charge in [0.2, 0.25) is 0 Å². The summed E-state index contributed by atoms with van der Waals surface area (Å²) in [7, 11) is 0. The zero-order valence-corrected chi connectivity index (χ0v) is 13.5. The van der Waals surface area contributed by atoms with E-state index >= 15 is 0 Å². The Hall–Kier alpha value is -0.940. The first-order valence-corrected chi connectivity index (χ1v) is 8.69. The lowest BCUT2D eigenvalue weighted by Gasteiger charge is -2.22. The van der Waals surface area contributed by atoms with Crippen LogP contribution < -0.4 is 5.73 Å². The fraction of sp³-hybridized carbons (Fsp3) is 0.750. The predicted octanol–water partition coefficient (Wildman–Crippen LogP) is 3.03. The Kier molecular flexibility index (Phi) is 4.91. The molecule has 2 aliphatic rings. The molecule has 2 N–H and O–H groups in total. The van der Waals surface area contributed by atoms with Gasteiger partial charge in [0.05, 0.1) is 16.7 Å². The molecule has 116 valence electrons. The van der Waals surface area contributed by atoms with Gasteiger partial charge in [-0.05, 0) is 31.7 Å². The van der Waals surface area contributed by atoms with Crippen molar-refractivity contribution in [3.8, 4) is 0 Å². The molecule has 4 nitrogen and oxygen atoms in total. The largest absolute Gasteiger partial charge is 0.393 e. The SMILES string of the molecule is NC(=S)CCN(Cc1ccn(C2CCCCC2)n1)C1CC1. The van der Waals surface area contributed by atoms with Crippen molar-refractivity contribution in [2.24, 2.45) is 5.73 Å². The zero-order chi connectivity index (χ0) is 14.7. The van der Waals surface area contributed by atoms with Gasteiger partial charge in [0.15, 0.2) is 0 Å². The maximum atomic E-state index is 5.64. The lowest BCUT2D eigenvalue weighted by molar-refractivity contribution is 0.256. The van der Waals surface area contributed by atoms with E-state index in [0.717, 1.165) is 25.6 Å². The Balaban J connectivity index is 1.57. The highest BCUT2D eigenvalue weighted by Crippen LogP contribution is 2.29. The molecular weight excluding hydrogens is 280 g/mol. The van der Waals surface area contributed by atoms with Gasteiger partial charge in [-0.3, -0.25) is 9.58 Å². The van der Waals surface area contributed by atoms with E-state index in [9.17, 15) is 0 Å². The Labute approximate surface area is 132 Å². The van der Waals surface area contributed by atoms with Crippen molar-refractivity contribution >= 4 is 17.2 Å². The summed E-state index contributed by atoms with van der Waals surface area (Å²) < 4.78 is 2.20. The number of hydrogen-bond acceptors (Lipinski definition) is 3. The first-order valence-electron chi connectivity index (χ1n) is 8.29. The standard InChI is InChI=1S/C16H26N4S/c17-16(21)9-10-19(14-6-7-14)12-13-8-11-20(18-13)15-4-2-1-3-5-15/h8,11,14-15H,1-7,9-10,12H2,(H2,17,21). The van der Waals surface area contributed by atoms with Crippen LogP contribution in [-0.2, 0) is 6.54 Å². The van der Waals surface area contributed by atoms with Crippen molar-refractivity contribution in [1.29, 1.82) is 0 Å². The number of nitrogens with zero attached hydrogens (tertiary/aromatic N) is 3. The van der Waals surface area contributed by atoms with Gasteiger partial charge in [-0.2, -0.15) is 5.10 Å². The van der Waals surface area contributed by atoms with Crippen molar-refractivity contribution in [2.75, 3.05) is 6.54 Å². The van der Waals surface area contributed by atoms with Crippen LogP contribution in [0.1, 0.15) is 63.1 Å². The van der Waals surface area contributed by atoms with Gasteiger partial charge in [0, 0.05) is 31.7 Å². The van der Waals surface area contributed by atoms with E-state index in [4.69, 9.17) is 23.1 Å². The lowest BCUT2D eigenvalue weighted by Crippen LogP contribution is -2.29. The third-order valence-corrected chi connectivity index (χ3v) is 4.89. The lowest BCUT2D eigenvalue weighted by atomic mass is 9.96. The summed E-state index contributed by atoms with van der Waals surface area (Å²) in [5, 5.41) is 4.82. The number of hydrogen-bond donors (Lipinski definition) is 1. The molecule has 0 radical (unpaired) electrons. The van der Waals surface area contributed by atoms with Crippen molar-refractivity contribution in [1.82, 2.24) is 14.7 Å². The predicted molar refractivity (Wildman–Crippen MR) is 89.2 cm³/mol. The molecule has 0 unspecified atom stereocenters. The highest BCUT2D eigenvalue weighted by Gasteiger charge is 2.29. The van der Waals surface area contributed by atoms with Crippen molar-refractivity contribution < 1.29 is 0 Å². The molecule has 3 rings (SSSR count). The van der Waals surface area contributed by atoms with Crippen molar-refractivity contribution in [3.63, 3.8) is 0 Å². The topological polar surface area (TPSA) is 47.1 Å². The molecular formula is C16H26N4S. The van der Waals surface area contributed by atoms with E-state index in [-0.39, 0.29) is 0 Å². The molecule has 2 fully saturated rings. The smallest absolute Gasteiger partial charge is 0.0765 e. The van der Waals surface area contributed by atoms with E-state index in [2.05, 4.69) is 21.8 Å². The third-order valence-electron chi connectivity index (χ3n) is 4.69. The molecule has 1 aromatic heterocycles. The number of thiocarbonyl (C=S) groups is 1. The fourth-order valence-electron chi connectivity index (χ4n) is 3.30. The Morgan fingerprint density at radius 3 is 2.71 bits per heavy atom. The van der Waals surface area contributed by atoms with E-state index in [1.54, 1.807) is 0 Å². The molecule has 0 saturated heterocycles. The van der Waals surface area contributed by atoms with Crippen LogP contribution in [0.25, 0.3) is 0 Å². The highest BCUT2D eigenvalue weighted by atomic mass is 32.1. The average Bonchev–Trinajstić information content (AvgIpc) is 3.23. The molecule has 0 aromatic carbocycles. The fourth-order valence-corrected chi connectivity index (χ4v) is 3.39. The van der Waals surface area contributed by atoms with Crippen LogP contribution in [0.3, 0.4) is 0 Å². The summed E-state index contributed by atoms with van der Waals surface area (Å²) in [5.74, 6) is 0. The summed E-state index contributed by atoms with van der Waals surface area (Å²) in [4.78, 5) is 3.11. The molecule has 0 atom stereocenters. The van der Waals surface area contributed by atoms with Crippen LogP contribution in [0, 0.1) is 0 Å². The Bertz CT molecular complexity index is 474. The minimum atomic E-state index is 0.619. The van der Waals surface area contributed by atoms with Crippen LogP contribution in [-0.4, -0.2) is 32.3 Å². The molecule has 2 saturated carbocycles. The normalized spacial score (nSPS) is 20.0. The summed E-state index contributed by atoms with van der Waals surface area (Å²) in [6.45, 7) is 1.91. The van der Waals surface area contributed by atoms with Gasteiger partial charge in [-0.1, -0.05) is 31.5 Å². The number of aromatic nitrogens is 2. The van der Waals surface area contributed by atoms with Gasteiger partial charge >= 0.3 is 0 Å². The zero-order valence-electron chi connectivity index (χ0n) is 12.7. The molecule has 2 aliphatic carbocycles. The number of rotatable bonds is 7. The van der Waals surface area contributed by atoms with Gasteiger partial charge in [-0.25, -0.2) is 0 Å². The van der Waals surface area contributed by atoms with E-state index in [1.165, 1.54) is 50.6 Å². The quantitative estimate of drug-likeness (QED) is 0.787. The summed E-state index contributed by atoms with van der Waals surface area (Å²) >= 11 is 5.01. The number of nitrogens with two attached hydrogens (primary N) is 1. The molecule has 0 spiro atoms. The van der Waals surface area contributed by atoms with Gasteiger partial charge < -0.3 is 5.73 Å². The summed E-state index contributed by atoms with van der Waals surface area (Å²) in [6.07, 6.45) is 12.3. The van der Waals surface area contributed by atoms with Crippen LogP contribution in [0.5, 0.6) is 0 Å². The molecule has 0 bridgehead atoms. The highest BCUT2D eigenvalue weighted by molar-refractivity contribution is 7.80. The second kappa shape index (κ2) is 6.88. The van der Waals surface area contributed by atoms with Crippen LogP contribution >= 0.6 is 12.2 Å². The van der Waals surface area contributed by atoms with Gasteiger partial charge in [0.1, 0.15) is 0 Å². The third kappa shape index (κ3) is 4.27. The second-order valence-corrected chi connectivity index (χ2v) is 7.02. The molecule has 1 heterocycles. The van der Waals surface area contributed by atoms with E-state index in [1.807, 2.05) is 0 Å². The molecule has 5 heteroatoms. The second-order valence-electron chi connectivity index (χ2n) is 6.50. The maximum Gasteiger partial charge on any atom is 0.0765 e. The molecule has 0 aliphatic heterocycles. The van der Waals surface area contributed by atoms with Crippen LogP contribution in [0.2, 0.25) is 0 Å². The minimum Gasteiger partial charge on any atom is -0.393 e.